The molecule has 0 spiro atoms. The van der Waals surface area contributed by atoms with Crippen LogP contribution in [0.5, 0.6) is 5.75 Å². The SMILES string of the molecule is Cc1c(C(=O)N[C@H]2CCC[C@H](NC(=O)OC(C)(C)C)C2)nn(-c2ccc(Cl)cc2Cl)c1-c1ccc(OS(=O)(=O)CCC(F)(F)F)cc1. The fraction of sp³-hybridized carbons (Fsp3) is 0.452. The molecular formula is C31H35Cl2F3N4O6S. The van der Waals surface area contributed by atoms with Crippen molar-refractivity contribution in [2.45, 2.75) is 83.7 Å². The highest BCUT2D eigenvalue weighted by Gasteiger charge is 2.31. The summed E-state index contributed by atoms with van der Waals surface area (Å²) in [6.45, 7) is 7.02. The lowest BCUT2D eigenvalue weighted by molar-refractivity contribution is -0.130. The van der Waals surface area contributed by atoms with Gasteiger partial charge in [0, 0.05) is 28.2 Å². The molecule has 3 aromatic rings. The second-order valence-corrected chi connectivity index (χ2v) is 14.8. The lowest BCUT2D eigenvalue weighted by Crippen LogP contribution is -2.47. The number of alkyl carbamates (subject to hydrolysis) is 1. The van der Waals surface area contributed by atoms with Crippen molar-refractivity contribution >= 4 is 45.3 Å². The zero-order valence-electron chi connectivity index (χ0n) is 26.1. The monoisotopic (exact) mass is 718 g/mol. The van der Waals surface area contributed by atoms with E-state index >= 15 is 0 Å². The Labute approximate surface area is 281 Å². The minimum atomic E-state index is -4.65. The Morgan fingerprint density at radius 2 is 1.66 bits per heavy atom. The molecule has 1 saturated carbocycles. The van der Waals surface area contributed by atoms with Gasteiger partial charge in [-0.1, -0.05) is 23.2 Å². The summed E-state index contributed by atoms with van der Waals surface area (Å²) >= 11 is 12.6. The molecule has 1 heterocycles. The number of nitrogens with one attached hydrogen (secondary N) is 2. The number of alkyl halides is 3. The second-order valence-electron chi connectivity index (χ2n) is 12.2. The van der Waals surface area contributed by atoms with Crippen LogP contribution in [0.1, 0.15) is 68.9 Å². The van der Waals surface area contributed by atoms with Crippen LogP contribution in [0.2, 0.25) is 10.0 Å². The van der Waals surface area contributed by atoms with Gasteiger partial charge >= 0.3 is 22.4 Å². The molecule has 0 saturated heterocycles. The molecule has 2 atom stereocenters. The van der Waals surface area contributed by atoms with Gasteiger partial charge in [0.15, 0.2) is 5.69 Å². The Bertz CT molecular complexity index is 1720. The maximum atomic E-state index is 13.6. The molecule has 4 rings (SSSR count). The predicted octanol–water partition coefficient (Wildman–Crippen LogP) is 7.38. The largest absolute Gasteiger partial charge is 0.444 e. The van der Waals surface area contributed by atoms with E-state index < -0.39 is 46.1 Å². The first-order valence-electron chi connectivity index (χ1n) is 14.7. The van der Waals surface area contributed by atoms with Gasteiger partial charge in [0.1, 0.15) is 11.4 Å². The van der Waals surface area contributed by atoms with E-state index in [0.29, 0.717) is 40.4 Å². The van der Waals surface area contributed by atoms with Gasteiger partial charge in [-0.2, -0.15) is 26.7 Å². The van der Waals surface area contributed by atoms with Crippen LogP contribution in [0.4, 0.5) is 18.0 Å². The number of hydrogen-bond donors (Lipinski definition) is 2. The number of nitrogens with zero attached hydrogens (tertiary/aromatic N) is 2. The van der Waals surface area contributed by atoms with Crippen molar-refractivity contribution in [1.82, 2.24) is 20.4 Å². The molecule has 16 heteroatoms. The van der Waals surface area contributed by atoms with E-state index in [0.717, 1.165) is 12.8 Å². The maximum absolute atomic E-state index is 13.6. The van der Waals surface area contributed by atoms with E-state index in [1.54, 1.807) is 39.8 Å². The molecule has 1 aromatic heterocycles. The van der Waals surface area contributed by atoms with Crippen molar-refractivity contribution in [1.29, 1.82) is 0 Å². The third-order valence-corrected chi connectivity index (χ3v) is 8.88. The van der Waals surface area contributed by atoms with Gasteiger partial charge in [0.2, 0.25) is 0 Å². The van der Waals surface area contributed by atoms with E-state index in [1.165, 1.54) is 35.0 Å². The van der Waals surface area contributed by atoms with Gasteiger partial charge in [-0.25, -0.2) is 9.48 Å². The normalized spacial score (nSPS) is 17.2. The fourth-order valence-electron chi connectivity index (χ4n) is 5.16. The van der Waals surface area contributed by atoms with E-state index in [9.17, 15) is 31.2 Å². The average Bonchev–Trinajstić information content (AvgIpc) is 3.28. The highest BCUT2D eigenvalue weighted by molar-refractivity contribution is 7.87. The molecule has 47 heavy (non-hydrogen) atoms. The summed E-state index contributed by atoms with van der Waals surface area (Å²) in [6.07, 6.45) is -4.02. The van der Waals surface area contributed by atoms with E-state index in [-0.39, 0.29) is 28.5 Å². The Kier molecular flexibility index (Phi) is 11.1. The van der Waals surface area contributed by atoms with Crippen LogP contribution in [-0.2, 0) is 14.9 Å². The lowest BCUT2D eigenvalue weighted by atomic mass is 9.91. The topological polar surface area (TPSA) is 129 Å². The minimum absolute atomic E-state index is 0.100. The number of aromatic nitrogens is 2. The van der Waals surface area contributed by atoms with E-state index in [1.807, 2.05) is 0 Å². The summed E-state index contributed by atoms with van der Waals surface area (Å²) in [4.78, 5) is 25.9. The highest BCUT2D eigenvalue weighted by Crippen LogP contribution is 2.34. The Balaban J connectivity index is 1.60. The molecule has 0 bridgehead atoms. The third-order valence-electron chi connectivity index (χ3n) is 7.19. The summed E-state index contributed by atoms with van der Waals surface area (Å²) in [7, 11) is -4.51. The Hall–Kier alpha value is -3.49. The number of amides is 2. The minimum Gasteiger partial charge on any atom is -0.444 e. The number of carbonyl (C=O) groups excluding carboxylic acids is 2. The third kappa shape index (κ3) is 10.2. The van der Waals surface area contributed by atoms with Gasteiger partial charge in [-0.05, 0) is 95.8 Å². The van der Waals surface area contributed by atoms with Gasteiger partial charge in [-0.15, -0.1) is 0 Å². The molecule has 2 aromatic carbocycles. The highest BCUT2D eigenvalue weighted by atomic mass is 35.5. The Morgan fingerprint density at radius 3 is 2.26 bits per heavy atom. The standard InChI is InChI=1S/C31H35Cl2F3N4O6S/c1-18-26(28(41)37-21-6-5-7-22(17-21)38-29(42)45-30(2,3)4)39-40(25-13-10-20(32)16-24(25)33)27(18)19-8-11-23(12-9-19)46-47(43,44)15-14-31(34,35)36/h8-13,16,21-22H,5-7,14-15,17H2,1-4H3,(H,37,41)(H,38,42)/t21-,22-/m0/s1. The molecule has 0 radical (unpaired) electrons. The lowest BCUT2D eigenvalue weighted by Gasteiger charge is -2.31. The van der Waals surface area contributed by atoms with Crippen molar-refractivity contribution in [2.75, 3.05) is 5.75 Å². The molecule has 2 N–H and O–H groups in total. The van der Waals surface area contributed by atoms with Crippen LogP contribution >= 0.6 is 23.2 Å². The Morgan fingerprint density at radius 1 is 1.02 bits per heavy atom. The van der Waals surface area contributed by atoms with Crippen LogP contribution in [0.25, 0.3) is 16.9 Å². The smallest absolute Gasteiger partial charge is 0.407 e. The molecule has 10 nitrogen and oxygen atoms in total. The van der Waals surface area contributed by atoms with E-state index in [4.69, 9.17) is 32.1 Å². The van der Waals surface area contributed by atoms with Crippen LogP contribution in [-0.4, -0.2) is 59.8 Å². The first-order valence-corrected chi connectivity index (χ1v) is 17.1. The van der Waals surface area contributed by atoms with Gasteiger partial charge in [-0.3, -0.25) is 4.79 Å². The molecule has 1 fully saturated rings. The molecule has 2 amide bonds. The summed E-state index contributed by atoms with van der Waals surface area (Å²) in [5.74, 6) is -1.86. The van der Waals surface area contributed by atoms with Crippen molar-refractivity contribution in [3.05, 3.63) is 63.8 Å². The van der Waals surface area contributed by atoms with Gasteiger partial charge < -0.3 is 19.6 Å². The van der Waals surface area contributed by atoms with Crippen LogP contribution in [0.3, 0.4) is 0 Å². The van der Waals surface area contributed by atoms with Crippen LogP contribution in [0.15, 0.2) is 42.5 Å². The van der Waals surface area contributed by atoms with Crippen LogP contribution < -0.4 is 14.8 Å². The zero-order valence-corrected chi connectivity index (χ0v) is 28.4. The molecule has 1 aliphatic rings. The van der Waals surface area contributed by atoms with Crippen molar-refractivity contribution in [3.63, 3.8) is 0 Å². The van der Waals surface area contributed by atoms with Gasteiger partial charge in [0.25, 0.3) is 5.91 Å². The number of rotatable bonds is 9. The summed E-state index contributed by atoms with van der Waals surface area (Å²) < 4.78 is 73.5. The zero-order chi connectivity index (χ0) is 34.7. The number of ether oxygens (including phenoxy) is 1. The number of hydrogen-bond acceptors (Lipinski definition) is 7. The van der Waals surface area contributed by atoms with E-state index in [2.05, 4.69) is 15.7 Å². The summed E-state index contributed by atoms with van der Waals surface area (Å²) in [5, 5.41) is 11.1. The summed E-state index contributed by atoms with van der Waals surface area (Å²) in [5.41, 5.74) is 1.26. The number of benzene rings is 2. The van der Waals surface area contributed by atoms with Crippen molar-refractivity contribution in [2.24, 2.45) is 0 Å². The quantitative estimate of drug-likeness (QED) is 0.221. The number of carbonyl (C=O) groups is 2. The first kappa shape index (κ1) is 36.3. The second kappa shape index (κ2) is 14.3. The maximum Gasteiger partial charge on any atom is 0.407 e. The number of halogens is 5. The van der Waals surface area contributed by atoms with Crippen LogP contribution in [0, 0.1) is 6.92 Å². The molecule has 0 unspecified atom stereocenters. The molecular weight excluding hydrogens is 684 g/mol. The fourth-order valence-corrected chi connectivity index (χ4v) is 6.61. The first-order chi connectivity index (χ1) is 21.8. The summed E-state index contributed by atoms with van der Waals surface area (Å²) in [6, 6.07) is 9.88. The molecule has 0 aliphatic heterocycles. The molecule has 1 aliphatic carbocycles. The van der Waals surface area contributed by atoms with Crippen molar-refractivity contribution < 1.29 is 40.1 Å². The average molecular weight is 720 g/mol. The van der Waals surface area contributed by atoms with Crippen molar-refractivity contribution in [3.8, 4) is 22.7 Å². The molecule has 256 valence electrons. The predicted molar refractivity (Wildman–Crippen MR) is 172 cm³/mol. The van der Waals surface area contributed by atoms with Gasteiger partial charge in [0.05, 0.1) is 28.6 Å².